The van der Waals surface area contributed by atoms with Gasteiger partial charge in [0.15, 0.2) is 0 Å². The van der Waals surface area contributed by atoms with Crippen LogP contribution in [0.3, 0.4) is 0 Å². The van der Waals surface area contributed by atoms with Crippen LogP contribution in [-0.4, -0.2) is 38.3 Å². The molecule has 0 unspecified atom stereocenters. The predicted octanol–water partition coefficient (Wildman–Crippen LogP) is 2.73. The summed E-state index contributed by atoms with van der Waals surface area (Å²) in [6.45, 7) is 4.69. The van der Waals surface area contributed by atoms with Crippen molar-refractivity contribution in [2.75, 3.05) is 6.54 Å². The Morgan fingerprint density at radius 2 is 2.22 bits per heavy atom. The average molecular weight is 310 g/mol. The molecule has 0 aliphatic carbocycles. The van der Waals surface area contributed by atoms with Crippen LogP contribution >= 0.6 is 0 Å². The molecule has 1 aliphatic rings. The molecule has 1 amide bonds. The highest BCUT2D eigenvalue weighted by Crippen LogP contribution is 2.24. The minimum Gasteiger partial charge on any atom is -0.336 e. The summed E-state index contributed by atoms with van der Waals surface area (Å²) in [5.41, 5.74) is 3.70. The number of carbonyl (C=O) groups excluding carboxylic acids is 1. The molecule has 0 spiro atoms. The van der Waals surface area contributed by atoms with Crippen molar-refractivity contribution in [2.45, 2.75) is 45.6 Å². The van der Waals surface area contributed by atoms with E-state index in [2.05, 4.69) is 27.1 Å². The molecular formula is C18H22N4O. The van der Waals surface area contributed by atoms with Crippen LogP contribution in [0.2, 0.25) is 0 Å². The fraction of sp³-hybridized carbons (Fsp3) is 0.444. The Morgan fingerprint density at radius 1 is 1.35 bits per heavy atom. The molecule has 3 heterocycles. The van der Waals surface area contributed by atoms with Crippen molar-refractivity contribution in [3.05, 3.63) is 53.4 Å². The maximum atomic E-state index is 12.8. The van der Waals surface area contributed by atoms with E-state index in [1.807, 2.05) is 24.9 Å². The fourth-order valence-electron chi connectivity index (χ4n) is 3.25. The Hall–Kier alpha value is -2.30. The number of carbonyl (C=O) groups is 1. The monoisotopic (exact) mass is 310 g/mol. The lowest BCUT2D eigenvalue weighted by atomic mass is 10.0. The third-order valence-corrected chi connectivity index (χ3v) is 4.51. The van der Waals surface area contributed by atoms with Crippen LogP contribution in [0.15, 0.2) is 30.9 Å². The SMILES string of the molecule is Cc1cc(CC[C@H]2CCCN2C(=O)c2cncnc2C)ccn1. The Bertz CT molecular complexity index is 701. The van der Waals surface area contributed by atoms with Crippen molar-refractivity contribution in [1.29, 1.82) is 0 Å². The van der Waals surface area contributed by atoms with Crippen molar-refractivity contribution < 1.29 is 4.79 Å². The summed E-state index contributed by atoms with van der Waals surface area (Å²) in [4.78, 5) is 27.1. The molecule has 2 aromatic rings. The van der Waals surface area contributed by atoms with E-state index in [0.717, 1.165) is 43.6 Å². The molecule has 2 aromatic heterocycles. The average Bonchev–Trinajstić information content (AvgIpc) is 3.01. The van der Waals surface area contributed by atoms with E-state index in [9.17, 15) is 4.79 Å². The Labute approximate surface area is 136 Å². The van der Waals surface area contributed by atoms with Gasteiger partial charge in [0.25, 0.3) is 5.91 Å². The maximum Gasteiger partial charge on any atom is 0.257 e. The molecule has 1 atom stereocenters. The van der Waals surface area contributed by atoms with Crippen LogP contribution in [0, 0.1) is 13.8 Å². The first-order valence-electron chi connectivity index (χ1n) is 8.14. The number of hydrogen-bond donors (Lipinski definition) is 0. The van der Waals surface area contributed by atoms with E-state index in [1.54, 1.807) is 6.20 Å². The van der Waals surface area contributed by atoms with Crippen LogP contribution in [0.25, 0.3) is 0 Å². The fourth-order valence-corrected chi connectivity index (χ4v) is 3.25. The topological polar surface area (TPSA) is 59.0 Å². The third kappa shape index (κ3) is 3.55. The molecule has 3 rings (SSSR count). The summed E-state index contributed by atoms with van der Waals surface area (Å²) in [6, 6.07) is 4.48. The van der Waals surface area contributed by atoms with Gasteiger partial charge in [0.05, 0.1) is 11.3 Å². The van der Waals surface area contributed by atoms with Crippen molar-refractivity contribution in [3.8, 4) is 0 Å². The number of aryl methyl sites for hydroxylation is 3. The van der Waals surface area contributed by atoms with Gasteiger partial charge in [0.2, 0.25) is 0 Å². The molecule has 1 fully saturated rings. The molecule has 5 nitrogen and oxygen atoms in total. The second-order valence-electron chi connectivity index (χ2n) is 6.16. The predicted molar refractivity (Wildman–Crippen MR) is 88.1 cm³/mol. The lowest BCUT2D eigenvalue weighted by molar-refractivity contribution is 0.0729. The number of nitrogens with zero attached hydrogens (tertiary/aromatic N) is 4. The second kappa shape index (κ2) is 6.86. The number of hydrogen-bond acceptors (Lipinski definition) is 4. The van der Waals surface area contributed by atoms with E-state index in [4.69, 9.17) is 0 Å². The van der Waals surface area contributed by atoms with Gasteiger partial charge in [-0.1, -0.05) is 0 Å². The number of aromatic nitrogens is 3. The minimum absolute atomic E-state index is 0.0662. The van der Waals surface area contributed by atoms with Gasteiger partial charge in [-0.2, -0.15) is 0 Å². The van der Waals surface area contributed by atoms with Crippen LogP contribution in [0.4, 0.5) is 0 Å². The van der Waals surface area contributed by atoms with E-state index in [1.165, 1.54) is 11.9 Å². The summed E-state index contributed by atoms with van der Waals surface area (Å²) < 4.78 is 0. The van der Waals surface area contributed by atoms with Gasteiger partial charge >= 0.3 is 0 Å². The van der Waals surface area contributed by atoms with Crippen molar-refractivity contribution in [1.82, 2.24) is 19.9 Å². The molecule has 0 aromatic carbocycles. The van der Waals surface area contributed by atoms with Crippen LogP contribution in [0.1, 0.15) is 46.6 Å². The molecule has 0 saturated carbocycles. The highest BCUT2D eigenvalue weighted by molar-refractivity contribution is 5.95. The Kier molecular flexibility index (Phi) is 4.65. The van der Waals surface area contributed by atoms with Crippen molar-refractivity contribution in [2.24, 2.45) is 0 Å². The zero-order valence-electron chi connectivity index (χ0n) is 13.7. The van der Waals surface area contributed by atoms with Crippen molar-refractivity contribution >= 4 is 5.91 Å². The van der Waals surface area contributed by atoms with E-state index < -0.39 is 0 Å². The molecule has 1 aliphatic heterocycles. The highest BCUT2D eigenvalue weighted by atomic mass is 16.2. The van der Waals surface area contributed by atoms with E-state index in [0.29, 0.717) is 11.6 Å². The molecule has 0 N–H and O–H groups in total. The maximum absolute atomic E-state index is 12.8. The quantitative estimate of drug-likeness (QED) is 0.871. The van der Waals surface area contributed by atoms with Crippen LogP contribution < -0.4 is 0 Å². The molecule has 23 heavy (non-hydrogen) atoms. The normalized spacial score (nSPS) is 17.5. The lowest BCUT2D eigenvalue weighted by Gasteiger charge is -2.25. The molecule has 0 bridgehead atoms. The van der Waals surface area contributed by atoms with Gasteiger partial charge in [0, 0.05) is 30.7 Å². The number of rotatable bonds is 4. The molecule has 120 valence electrons. The lowest BCUT2D eigenvalue weighted by Crippen LogP contribution is -2.36. The van der Waals surface area contributed by atoms with Gasteiger partial charge in [-0.05, 0) is 57.2 Å². The molecular weight excluding hydrogens is 288 g/mol. The van der Waals surface area contributed by atoms with Crippen molar-refractivity contribution in [3.63, 3.8) is 0 Å². The standard InChI is InChI=1S/C18H22N4O/c1-13-10-15(7-8-20-13)5-6-16-4-3-9-22(16)18(23)17-11-19-12-21-14(17)2/h7-8,10-12,16H,3-6,9H2,1-2H3/t16-/m1/s1. The first kappa shape index (κ1) is 15.6. The zero-order valence-corrected chi connectivity index (χ0v) is 13.7. The van der Waals surface area contributed by atoms with Crippen LogP contribution in [-0.2, 0) is 6.42 Å². The smallest absolute Gasteiger partial charge is 0.257 e. The highest BCUT2D eigenvalue weighted by Gasteiger charge is 2.30. The number of pyridine rings is 1. The number of likely N-dealkylation sites (tertiary alicyclic amines) is 1. The van der Waals surface area contributed by atoms with Gasteiger partial charge in [-0.15, -0.1) is 0 Å². The first-order chi connectivity index (χ1) is 11.1. The summed E-state index contributed by atoms with van der Waals surface area (Å²) in [5.74, 6) is 0.0662. The summed E-state index contributed by atoms with van der Waals surface area (Å²) in [5, 5.41) is 0. The van der Waals surface area contributed by atoms with Gasteiger partial charge in [0.1, 0.15) is 6.33 Å². The number of amides is 1. The zero-order chi connectivity index (χ0) is 16.2. The summed E-state index contributed by atoms with van der Waals surface area (Å²) >= 11 is 0. The largest absolute Gasteiger partial charge is 0.336 e. The van der Waals surface area contributed by atoms with E-state index >= 15 is 0 Å². The van der Waals surface area contributed by atoms with Crippen LogP contribution in [0.5, 0.6) is 0 Å². The first-order valence-corrected chi connectivity index (χ1v) is 8.14. The van der Waals surface area contributed by atoms with Gasteiger partial charge in [-0.3, -0.25) is 9.78 Å². The third-order valence-electron chi connectivity index (χ3n) is 4.51. The summed E-state index contributed by atoms with van der Waals surface area (Å²) in [7, 11) is 0. The van der Waals surface area contributed by atoms with Gasteiger partial charge in [-0.25, -0.2) is 9.97 Å². The molecule has 5 heteroatoms. The summed E-state index contributed by atoms with van der Waals surface area (Å²) in [6.07, 6.45) is 9.07. The molecule has 1 saturated heterocycles. The second-order valence-corrected chi connectivity index (χ2v) is 6.16. The Balaban J connectivity index is 1.68. The van der Waals surface area contributed by atoms with E-state index in [-0.39, 0.29) is 5.91 Å². The molecule has 0 radical (unpaired) electrons. The minimum atomic E-state index is 0.0662. The Morgan fingerprint density at radius 3 is 3.00 bits per heavy atom. The van der Waals surface area contributed by atoms with Gasteiger partial charge < -0.3 is 4.90 Å².